The molecule has 1 aromatic heterocycles. The summed E-state index contributed by atoms with van der Waals surface area (Å²) >= 11 is 3.34. The first kappa shape index (κ1) is 14.5. The van der Waals surface area contributed by atoms with Crippen LogP contribution >= 0.6 is 15.9 Å². The number of aromatic nitrogens is 2. The normalized spacial score (nSPS) is 23.2. The van der Waals surface area contributed by atoms with E-state index in [1.807, 2.05) is 19.0 Å². The zero-order chi connectivity index (χ0) is 14.0. The lowest BCUT2D eigenvalue weighted by molar-refractivity contribution is 0.191. The van der Waals surface area contributed by atoms with Gasteiger partial charge in [0.05, 0.1) is 23.9 Å². The molecule has 0 spiro atoms. The third-order valence-corrected chi connectivity index (χ3v) is 3.66. The standard InChI is InChI=1S/C12H19BrN4O2/c1-16(2)6-8-4-9(18)7-17(8)12-14-5-10(13)11(15-12)19-3/h5,8-9,18H,4,6-7H2,1-3H3. The number of halogens is 1. The Balaban J connectivity index is 2.23. The molecule has 1 aromatic rings. The predicted octanol–water partition coefficient (Wildman–Crippen LogP) is 0.749. The fourth-order valence-electron chi connectivity index (χ4n) is 2.36. The number of nitrogens with zero attached hydrogens (tertiary/aromatic N) is 4. The maximum Gasteiger partial charge on any atom is 0.232 e. The molecule has 0 bridgehead atoms. The van der Waals surface area contributed by atoms with Crippen molar-refractivity contribution in [2.24, 2.45) is 0 Å². The minimum atomic E-state index is -0.330. The number of hydrogen-bond donors (Lipinski definition) is 1. The summed E-state index contributed by atoms with van der Waals surface area (Å²) in [5.41, 5.74) is 0. The molecule has 1 saturated heterocycles. The van der Waals surface area contributed by atoms with Crippen LogP contribution in [-0.2, 0) is 0 Å². The van der Waals surface area contributed by atoms with E-state index < -0.39 is 0 Å². The Morgan fingerprint density at radius 2 is 2.32 bits per heavy atom. The summed E-state index contributed by atoms with van der Waals surface area (Å²) < 4.78 is 5.92. The van der Waals surface area contributed by atoms with Gasteiger partial charge < -0.3 is 19.6 Å². The van der Waals surface area contributed by atoms with Gasteiger partial charge in [-0.05, 0) is 36.4 Å². The minimum absolute atomic E-state index is 0.218. The Morgan fingerprint density at radius 1 is 1.58 bits per heavy atom. The molecule has 1 aliphatic heterocycles. The first-order valence-corrected chi connectivity index (χ1v) is 6.96. The van der Waals surface area contributed by atoms with E-state index in [0.717, 1.165) is 17.4 Å². The molecule has 19 heavy (non-hydrogen) atoms. The lowest BCUT2D eigenvalue weighted by atomic mass is 10.2. The molecule has 2 unspecified atom stereocenters. The van der Waals surface area contributed by atoms with Crippen LogP contribution in [0.15, 0.2) is 10.7 Å². The van der Waals surface area contributed by atoms with E-state index in [1.165, 1.54) is 0 Å². The molecular weight excluding hydrogens is 312 g/mol. The summed E-state index contributed by atoms with van der Waals surface area (Å²) in [5.74, 6) is 1.11. The highest BCUT2D eigenvalue weighted by Gasteiger charge is 2.33. The predicted molar refractivity (Wildman–Crippen MR) is 76.6 cm³/mol. The van der Waals surface area contributed by atoms with Crippen molar-refractivity contribution in [2.45, 2.75) is 18.6 Å². The second-order valence-electron chi connectivity index (χ2n) is 4.99. The molecule has 106 valence electrons. The van der Waals surface area contributed by atoms with E-state index in [0.29, 0.717) is 18.4 Å². The fourth-order valence-corrected chi connectivity index (χ4v) is 2.71. The Hall–Kier alpha value is -0.920. The van der Waals surface area contributed by atoms with E-state index in [9.17, 15) is 5.11 Å². The largest absolute Gasteiger partial charge is 0.480 e. The SMILES string of the molecule is COc1nc(N2CC(O)CC2CN(C)C)ncc1Br. The van der Waals surface area contributed by atoms with Crippen molar-refractivity contribution in [3.05, 3.63) is 10.7 Å². The second-order valence-corrected chi connectivity index (χ2v) is 5.84. The lowest BCUT2D eigenvalue weighted by Crippen LogP contribution is -2.38. The van der Waals surface area contributed by atoms with Crippen molar-refractivity contribution in [1.82, 2.24) is 14.9 Å². The first-order valence-electron chi connectivity index (χ1n) is 6.17. The van der Waals surface area contributed by atoms with E-state index in [-0.39, 0.29) is 12.1 Å². The molecule has 2 heterocycles. The molecule has 1 aliphatic rings. The number of ether oxygens (including phenoxy) is 1. The molecule has 2 atom stereocenters. The monoisotopic (exact) mass is 330 g/mol. The van der Waals surface area contributed by atoms with Gasteiger partial charge in [-0.2, -0.15) is 4.98 Å². The van der Waals surface area contributed by atoms with Gasteiger partial charge in [0, 0.05) is 19.1 Å². The molecule has 2 rings (SSSR count). The van der Waals surface area contributed by atoms with E-state index >= 15 is 0 Å². The van der Waals surface area contributed by atoms with Crippen LogP contribution < -0.4 is 9.64 Å². The number of β-amino-alcohol motifs (C(OH)–C–C–N with tert-alkyl or cyclic N) is 1. The van der Waals surface area contributed by atoms with E-state index in [1.54, 1.807) is 13.3 Å². The number of hydrogen-bond acceptors (Lipinski definition) is 6. The van der Waals surface area contributed by atoms with Crippen molar-refractivity contribution in [3.63, 3.8) is 0 Å². The van der Waals surface area contributed by atoms with Gasteiger partial charge in [0.1, 0.15) is 0 Å². The number of methoxy groups -OCH3 is 1. The maximum atomic E-state index is 9.87. The van der Waals surface area contributed by atoms with Crippen LogP contribution in [-0.4, -0.2) is 66.4 Å². The average Bonchev–Trinajstić information content (AvgIpc) is 2.70. The lowest BCUT2D eigenvalue weighted by Gasteiger charge is -2.26. The highest BCUT2D eigenvalue weighted by atomic mass is 79.9. The van der Waals surface area contributed by atoms with Gasteiger partial charge in [-0.3, -0.25) is 0 Å². The summed E-state index contributed by atoms with van der Waals surface area (Å²) in [4.78, 5) is 12.8. The molecule has 0 radical (unpaired) electrons. The van der Waals surface area contributed by atoms with Crippen molar-refractivity contribution < 1.29 is 9.84 Å². The highest BCUT2D eigenvalue weighted by molar-refractivity contribution is 9.10. The van der Waals surface area contributed by atoms with Crippen LogP contribution in [0.3, 0.4) is 0 Å². The highest BCUT2D eigenvalue weighted by Crippen LogP contribution is 2.28. The molecule has 0 aliphatic carbocycles. The van der Waals surface area contributed by atoms with Crippen molar-refractivity contribution in [1.29, 1.82) is 0 Å². The molecule has 1 fully saturated rings. The van der Waals surface area contributed by atoms with Gasteiger partial charge in [-0.25, -0.2) is 4.98 Å². The first-order chi connectivity index (χ1) is 9.01. The van der Waals surface area contributed by atoms with Crippen LogP contribution in [0, 0.1) is 0 Å². The van der Waals surface area contributed by atoms with Crippen LogP contribution in [0.1, 0.15) is 6.42 Å². The number of anilines is 1. The molecule has 7 heteroatoms. The summed E-state index contributed by atoms with van der Waals surface area (Å²) in [5, 5.41) is 9.87. The number of aliphatic hydroxyl groups excluding tert-OH is 1. The fraction of sp³-hybridized carbons (Fsp3) is 0.667. The third kappa shape index (κ3) is 3.34. The molecule has 1 N–H and O–H groups in total. The van der Waals surface area contributed by atoms with Crippen LogP contribution in [0.5, 0.6) is 5.88 Å². The molecular formula is C12H19BrN4O2. The van der Waals surface area contributed by atoms with Crippen molar-refractivity contribution in [3.8, 4) is 5.88 Å². The molecule has 0 saturated carbocycles. The zero-order valence-electron chi connectivity index (χ0n) is 11.4. The van der Waals surface area contributed by atoms with Gasteiger partial charge in [0.15, 0.2) is 0 Å². The Labute approximate surface area is 121 Å². The van der Waals surface area contributed by atoms with E-state index in [4.69, 9.17) is 4.74 Å². The maximum absolute atomic E-state index is 9.87. The van der Waals surface area contributed by atoms with Crippen LogP contribution in [0.25, 0.3) is 0 Å². The van der Waals surface area contributed by atoms with E-state index in [2.05, 4.69) is 30.8 Å². The molecule has 0 aromatic carbocycles. The van der Waals surface area contributed by atoms with Crippen LogP contribution in [0.4, 0.5) is 5.95 Å². The van der Waals surface area contributed by atoms with Gasteiger partial charge in [-0.1, -0.05) is 0 Å². The molecule has 6 nitrogen and oxygen atoms in total. The Kier molecular flexibility index (Phi) is 4.59. The Bertz CT molecular complexity index is 444. The topological polar surface area (TPSA) is 61.7 Å². The van der Waals surface area contributed by atoms with Crippen LogP contribution in [0.2, 0.25) is 0 Å². The minimum Gasteiger partial charge on any atom is -0.480 e. The summed E-state index contributed by atoms with van der Waals surface area (Å²) in [6.07, 6.45) is 2.08. The number of likely N-dealkylation sites (N-methyl/N-ethyl adjacent to an activating group) is 1. The Morgan fingerprint density at radius 3 is 2.95 bits per heavy atom. The number of rotatable bonds is 4. The zero-order valence-corrected chi connectivity index (χ0v) is 13.0. The van der Waals surface area contributed by atoms with Crippen molar-refractivity contribution in [2.75, 3.05) is 39.2 Å². The van der Waals surface area contributed by atoms with Gasteiger partial charge in [0.25, 0.3) is 0 Å². The summed E-state index contributed by atoms with van der Waals surface area (Å²) in [7, 11) is 5.62. The van der Waals surface area contributed by atoms with Gasteiger partial charge >= 0.3 is 0 Å². The smallest absolute Gasteiger partial charge is 0.232 e. The third-order valence-electron chi connectivity index (χ3n) is 3.12. The van der Waals surface area contributed by atoms with Gasteiger partial charge in [0.2, 0.25) is 11.8 Å². The molecule has 0 amide bonds. The summed E-state index contributed by atoms with van der Waals surface area (Å²) in [6, 6.07) is 0.218. The average molecular weight is 331 g/mol. The summed E-state index contributed by atoms with van der Waals surface area (Å²) in [6.45, 7) is 1.42. The quantitative estimate of drug-likeness (QED) is 0.879. The van der Waals surface area contributed by atoms with Crippen molar-refractivity contribution >= 4 is 21.9 Å². The number of aliphatic hydroxyl groups is 1. The van der Waals surface area contributed by atoms with Gasteiger partial charge in [-0.15, -0.1) is 0 Å². The second kappa shape index (κ2) is 6.02.